The van der Waals surface area contributed by atoms with Gasteiger partial charge < -0.3 is 20.5 Å². The summed E-state index contributed by atoms with van der Waals surface area (Å²) in [4.78, 5) is 7.69. The number of nitrogens with zero attached hydrogens (tertiary/aromatic N) is 5. The third kappa shape index (κ3) is 3.81. The molecule has 2 aromatic rings. The zero-order valence-corrected chi connectivity index (χ0v) is 16.9. The van der Waals surface area contributed by atoms with E-state index in [0.717, 1.165) is 0 Å². The summed E-state index contributed by atoms with van der Waals surface area (Å²) in [7, 11) is 3.77. The van der Waals surface area contributed by atoms with Gasteiger partial charge in [0.2, 0.25) is 0 Å². The first-order valence-electron chi connectivity index (χ1n) is 9.84. The summed E-state index contributed by atoms with van der Waals surface area (Å²) >= 11 is 0. The maximum absolute atomic E-state index is 14.1. The van der Waals surface area contributed by atoms with E-state index < -0.39 is 18.1 Å². The van der Waals surface area contributed by atoms with Gasteiger partial charge in [-0.05, 0) is 26.2 Å². The molecule has 2 aliphatic rings. The summed E-state index contributed by atoms with van der Waals surface area (Å²) in [5, 5.41) is 15.0. The minimum Gasteiger partial charge on any atom is -0.390 e. The predicted octanol–water partition coefficient (Wildman–Crippen LogP) is 1.02. The van der Waals surface area contributed by atoms with Gasteiger partial charge in [-0.2, -0.15) is 5.10 Å². The van der Waals surface area contributed by atoms with Crippen molar-refractivity contribution in [1.29, 1.82) is 0 Å². The number of hydrogen-bond acceptors (Lipinski definition) is 7. The van der Waals surface area contributed by atoms with E-state index in [0.29, 0.717) is 30.1 Å². The Morgan fingerprint density at radius 1 is 1.38 bits per heavy atom. The van der Waals surface area contributed by atoms with Crippen molar-refractivity contribution in [3.05, 3.63) is 24.2 Å². The fraction of sp³-hybridized carbons (Fsp3) is 0.684. The number of rotatable bonds is 5. The molecule has 0 spiro atoms. The number of hydrogen-bond donors (Lipinski definition) is 2. The van der Waals surface area contributed by atoms with Crippen molar-refractivity contribution in [3.8, 4) is 0 Å². The number of aliphatic hydroxyl groups excluding tert-OH is 1. The number of anilines is 1. The van der Waals surface area contributed by atoms with E-state index in [-0.39, 0.29) is 31.0 Å². The molecule has 0 amide bonds. The van der Waals surface area contributed by atoms with E-state index in [1.54, 1.807) is 15.5 Å². The highest BCUT2D eigenvalue weighted by atomic mass is 19.3. The third-order valence-corrected chi connectivity index (χ3v) is 6.03. The smallest absolute Gasteiger partial charge is 0.262 e. The number of nitrogen functional groups attached to an aromatic ring is 1. The molecule has 0 saturated carbocycles. The van der Waals surface area contributed by atoms with Crippen molar-refractivity contribution in [2.75, 3.05) is 39.5 Å². The van der Waals surface area contributed by atoms with Gasteiger partial charge in [-0.1, -0.05) is 6.92 Å². The lowest BCUT2D eigenvalue weighted by molar-refractivity contribution is -0.0186. The van der Waals surface area contributed by atoms with Crippen molar-refractivity contribution < 1.29 is 18.6 Å². The minimum atomic E-state index is -2.70. The van der Waals surface area contributed by atoms with Crippen LogP contribution in [0.3, 0.4) is 0 Å². The van der Waals surface area contributed by atoms with E-state index in [2.05, 4.69) is 10.1 Å². The highest BCUT2D eigenvalue weighted by Crippen LogP contribution is 2.40. The molecule has 8 nitrogen and oxygen atoms in total. The SMILES string of the molecule is C[C@H]1[C@@H](O)[C@H](c2ccc3c(N)ncnn23)O[C@@H]1CN1CC(F)(F)C[C@H]1CN(C)C. The van der Waals surface area contributed by atoms with Gasteiger partial charge in [0.05, 0.1) is 24.4 Å². The average Bonchev–Trinajstić information content (AvgIpc) is 3.25. The number of likely N-dealkylation sites (tertiary alicyclic amines) is 1. The highest BCUT2D eigenvalue weighted by molar-refractivity contribution is 5.65. The van der Waals surface area contributed by atoms with Crippen LogP contribution >= 0.6 is 0 Å². The minimum absolute atomic E-state index is 0.155. The van der Waals surface area contributed by atoms with E-state index in [4.69, 9.17) is 10.5 Å². The van der Waals surface area contributed by atoms with Gasteiger partial charge in [0.15, 0.2) is 5.82 Å². The number of likely N-dealkylation sites (N-methyl/N-ethyl adjacent to an activating group) is 1. The topological polar surface area (TPSA) is 92.1 Å². The standard InChI is InChI=1S/C19H28F2N6O2/c1-11-15(8-26-9-19(20,21)6-12(26)7-25(2)3)29-17(16(11)28)13-4-5-14-18(22)23-10-24-27(13)14/h4-5,10-12,15-17,28H,6-9H2,1-3H3,(H2,22,23,24)/t11-,12+,15-,16-,17+/m1/s1. The summed E-state index contributed by atoms with van der Waals surface area (Å²) < 4.78 is 36.0. The number of fused-ring (bicyclic) bond motifs is 1. The zero-order valence-electron chi connectivity index (χ0n) is 16.9. The van der Waals surface area contributed by atoms with Gasteiger partial charge in [-0.25, -0.2) is 18.3 Å². The summed E-state index contributed by atoms with van der Waals surface area (Å²) in [5.41, 5.74) is 7.20. The van der Waals surface area contributed by atoms with Crippen LogP contribution in [0.4, 0.5) is 14.6 Å². The molecule has 0 radical (unpaired) electrons. The molecule has 0 unspecified atom stereocenters. The lowest BCUT2D eigenvalue weighted by atomic mass is 9.96. The van der Waals surface area contributed by atoms with Crippen LogP contribution in [0.1, 0.15) is 25.1 Å². The van der Waals surface area contributed by atoms with Crippen LogP contribution in [0.2, 0.25) is 0 Å². The van der Waals surface area contributed by atoms with Gasteiger partial charge >= 0.3 is 0 Å². The van der Waals surface area contributed by atoms with Crippen LogP contribution in [-0.4, -0.2) is 87.4 Å². The van der Waals surface area contributed by atoms with Gasteiger partial charge in [0, 0.05) is 31.5 Å². The second-order valence-corrected chi connectivity index (χ2v) is 8.55. The van der Waals surface area contributed by atoms with Crippen LogP contribution in [-0.2, 0) is 4.74 Å². The quantitative estimate of drug-likeness (QED) is 0.760. The molecule has 5 atom stereocenters. The number of halogens is 2. The monoisotopic (exact) mass is 410 g/mol. The Morgan fingerprint density at radius 2 is 2.14 bits per heavy atom. The second kappa shape index (κ2) is 7.42. The van der Waals surface area contributed by atoms with Crippen molar-refractivity contribution in [2.24, 2.45) is 5.92 Å². The first-order chi connectivity index (χ1) is 13.7. The molecule has 160 valence electrons. The number of aromatic nitrogens is 3. The van der Waals surface area contributed by atoms with Crippen molar-refractivity contribution in [1.82, 2.24) is 24.4 Å². The normalized spacial score (nSPS) is 32.6. The van der Waals surface area contributed by atoms with Crippen molar-refractivity contribution >= 4 is 11.3 Å². The van der Waals surface area contributed by atoms with Crippen molar-refractivity contribution in [3.63, 3.8) is 0 Å². The number of aliphatic hydroxyl groups is 1. The number of nitrogens with two attached hydrogens (primary N) is 1. The molecule has 4 heterocycles. The molecule has 0 aliphatic carbocycles. The largest absolute Gasteiger partial charge is 0.390 e. The molecule has 2 aromatic heterocycles. The van der Waals surface area contributed by atoms with E-state index >= 15 is 0 Å². The summed E-state index contributed by atoms with van der Waals surface area (Å²) in [6.07, 6.45) is -0.547. The lowest BCUT2D eigenvalue weighted by Gasteiger charge is -2.29. The van der Waals surface area contributed by atoms with Gasteiger partial charge in [-0.3, -0.25) is 4.90 Å². The Hall–Kier alpha value is -1.88. The molecule has 3 N–H and O–H groups in total. The highest BCUT2D eigenvalue weighted by Gasteiger charge is 2.49. The fourth-order valence-corrected chi connectivity index (χ4v) is 4.54. The summed E-state index contributed by atoms with van der Waals surface area (Å²) in [6.45, 7) is 2.52. The maximum Gasteiger partial charge on any atom is 0.262 e. The Kier molecular flexibility index (Phi) is 5.22. The van der Waals surface area contributed by atoms with Gasteiger partial charge in [-0.15, -0.1) is 0 Å². The second-order valence-electron chi connectivity index (χ2n) is 8.55. The molecular formula is C19H28F2N6O2. The molecular weight excluding hydrogens is 382 g/mol. The molecule has 4 rings (SSSR count). The summed E-state index contributed by atoms with van der Waals surface area (Å²) in [5.74, 6) is -2.57. The van der Waals surface area contributed by atoms with Crippen LogP contribution in [0, 0.1) is 5.92 Å². The van der Waals surface area contributed by atoms with Crippen LogP contribution in [0.5, 0.6) is 0 Å². The Morgan fingerprint density at radius 3 is 2.86 bits per heavy atom. The Labute approximate surface area is 168 Å². The number of alkyl halides is 2. The van der Waals surface area contributed by atoms with E-state index in [9.17, 15) is 13.9 Å². The van der Waals surface area contributed by atoms with Gasteiger partial charge in [0.25, 0.3) is 5.92 Å². The van der Waals surface area contributed by atoms with Crippen LogP contribution < -0.4 is 5.73 Å². The molecule has 0 aromatic carbocycles. The van der Waals surface area contributed by atoms with Crippen molar-refractivity contribution in [2.45, 2.75) is 43.6 Å². The molecule has 29 heavy (non-hydrogen) atoms. The molecule has 2 aliphatic heterocycles. The predicted molar refractivity (Wildman–Crippen MR) is 104 cm³/mol. The molecule has 10 heteroatoms. The summed E-state index contributed by atoms with van der Waals surface area (Å²) in [6, 6.07) is 3.35. The van der Waals surface area contributed by atoms with Crippen LogP contribution in [0.25, 0.3) is 5.52 Å². The first-order valence-corrected chi connectivity index (χ1v) is 9.84. The van der Waals surface area contributed by atoms with E-state index in [1.165, 1.54) is 6.33 Å². The average molecular weight is 410 g/mol. The molecule has 2 fully saturated rings. The molecule has 0 bridgehead atoms. The van der Waals surface area contributed by atoms with Gasteiger partial charge in [0.1, 0.15) is 17.9 Å². The Balaban J connectivity index is 1.53. The maximum atomic E-state index is 14.1. The third-order valence-electron chi connectivity index (χ3n) is 6.03. The van der Waals surface area contributed by atoms with Crippen LogP contribution in [0.15, 0.2) is 18.5 Å². The number of ether oxygens (including phenoxy) is 1. The van der Waals surface area contributed by atoms with E-state index in [1.807, 2.05) is 32.0 Å². The fourth-order valence-electron chi connectivity index (χ4n) is 4.54. The molecule has 2 saturated heterocycles. The Bertz CT molecular complexity index is 876. The lowest BCUT2D eigenvalue weighted by Crippen LogP contribution is -2.43. The first kappa shape index (κ1) is 20.4. The zero-order chi connectivity index (χ0) is 20.9.